The molecule has 0 aliphatic rings. The normalized spacial score (nSPS) is 12.6. The predicted molar refractivity (Wildman–Crippen MR) is 76.2 cm³/mol. The number of halogens is 1. The first kappa shape index (κ1) is 12.6. The zero-order valence-corrected chi connectivity index (χ0v) is 11.7. The van der Waals surface area contributed by atoms with Gasteiger partial charge in [0.05, 0.1) is 6.10 Å². The summed E-state index contributed by atoms with van der Waals surface area (Å²) >= 11 is 5.11. The summed E-state index contributed by atoms with van der Waals surface area (Å²) in [5.74, 6) is 0. The highest BCUT2D eigenvalue weighted by molar-refractivity contribution is 9.10. The Bertz CT molecular complexity index is 484. The number of hydrogen-bond acceptors (Lipinski definition) is 3. The number of anilines is 1. The highest BCUT2D eigenvalue weighted by Gasteiger charge is 2.11. The number of aliphatic hydroxyl groups excluding tert-OH is 1. The molecule has 1 aromatic carbocycles. The summed E-state index contributed by atoms with van der Waals surface area (Å²) in [4.78, 5) is 1.29. The first-order chi connectivity index (χ1) is 8.16. The van der Waals surface area contributed by atoms with Crippen LogP contribution >= 0.6 is 27.3 Å². The topological polar surface area (TPSA) is 46.2 Å². The Hall–Kier alpha value is -0.840. The maximum absolute atomic E-state index is 10.1. The van der Waals surface area contributed by atoms with E-state index in [0.29, 0.717) is 12.1 Å². The fourth-order valence-corrected chi connectivity index (χ4v) is 2.83. The molecule has 0 aliphatic carbocycles. The molecular weight excluding hydrogens is 298 g/mol. The van der Waals surface area contributed by atoms with E-state index in [4.69, 9.17) is 5.73 Å². The average molecular weight is 312 g/mol. The molecule has 0 spiro atoms. The van der Waals surface area contributed by atoms with Gasteiger partial charge in [-0.1, -0.05) is 22.0 Å². The van der Waals surface area contributed by atoms with Crippen molar-refractivity contribution in [3.63, 3.8) is 0 Å². The van der Waals surface area contributed by atoms with E-state index in [9.17, 15) is 5.11 Å². The molecule has 0 bridgehead atoms. The molecule has 1 unspecified atom stereocenters. The molecule has 17 heavy (non-hydrogen) atoms. The number of aliphatic hydroxyl groups is 1. The van der Waals surface area contributed by atoms with Crippen LogP contribution in [0, 0.1) is 0 Å². The van der Waals surface area contributed by atoms with Crippen LogP contribution in [0.5, 0.6) is 0 Å². The SMILES string of the molecule is Nc1ccc(Br)cc1C(O)CCc1cccs1. The average Bonchev–Trinajstić information content (AvgIpc) is 2.82. The zero-order chi connectivity index (χ0) is 12.3. The minimum absolute atomic E-state index is 0.505. The van der Waals surface area contributed by atoms with Gasteiger partial charge < -0.3 is 10.8 Å². The van der Waals surface area contributed by atoms with Crippen molar-refractivity contribution in [2.75, 3.05) is 5.73 Å². The summed E-state index contributed by atoms with van der Waals surface area (Å²) in [6.45, 7) is 0. The van der Waals surface area contributed by atoms with Crippen molar-refractivity contribution in [2.45, 2.75) is 18.9 Å². The third-order valence-electron chi connectivity index (χ3n) is 2.65. The molecule has 4 heteroatoms. The molecule has 0 radical (unpaired) electrons. The van der Waals surface area contributed by atoms with Crippen LogP contribution in [0.25, 0.3) is 0 Å². The molecule has 1 heterocycles. The van der Waals surface area contributed by atoms with Crippen molar-refractivity contribution in [1.29, 1.82) is 0 Å². The van der Waals surface area contributed by atoms with E-state index < -0.39 is 6.10 Å². The lowest BCUT2D eigenvalue weighted by Gasteiger charge is -2.13. The highest BCUT2D eigenvalue weighted by atomic mass is 79.9. The lowest BCUT2D eigenvalue weighted by Crippen LogP contribution is -2.03. The maximum Gasteiger partial charge on any atom is 0.0813 e. The quantitative estimate of drug-likeness (QED) is 0.845. The van der Waals surface area contributed by atoms with E-state index in [-0.39, 0.29) is 0 Å². The Kier molecular flexibility index (Phi) is 4.20. The number of benzene rings is 1. The van der Waals surface area contributed by atoms with Crippen molar-refractivity contribution >= 4 is 33.0 Å². The van der Waals surface area contributed by atoms with Crippen LogP contribution in [0.15, 0.2) is 40.2 Å². The largest absolute Gasteiger partial charge is 0.398 e. The van der Waals surface area contributed by atoms with E-state index >= 15 is 0 Å². The lowest BCUT2D eigenvalue weighted by molar-refractivity contribution is 0.169. The van der Waals surface area contributed by atoms with Crippen LogP contribution in [0.1, 0.15) is 23.0 Å². The zero-order valence-electron chi connectivity index (χ0n) is 9.27. The third kappa shape index (κ3) is 3.31. The Morgan fingerprint density at radius 3 is 2.88 bits per heavy atom. The molecule has 0 saturated carbocycles. The van der Waals surface area contributed by atoms with Gasteiger partial charge in [-0.25, -0.2) is 0 Å². The van der Waals surface area contributed by atoms with Crippen LogP contribution in [-0.2, 0) is 6.42 Å². The smallest absolute Gasteiger partial charge is 0.0813 e. The van der Waals surface area contributed by atoms with Gasteiger partial charge >= 0.3 is 0 Å². The van der Waals surface area contributed by atoms with E-state index in [0.717, 1.165) is 16.5 Å². The third-order valence-corrected chi connectivity index (χ3v) is 4.08. The molecular formula is C13H14BrNOS. The van der Waals surface area contributed by atoms with Crippen LogP contribution in [0.3, 0.4) is 0 Å². The number of rotatable bonds is 4. The fourth-order valence-electron chi connectivity index (χ4n) is 1.72. The second-order valence-electron chi connectivity index (χ2n) is 3.91. The van der Waals surface area contributed by atoms with Crippen LogP contribution in [0.2, 0.25) is 0 Å². The van der Waals surface area contributed by atoms with E-state index in [1.54, 1.807) is 11.3 Å². The van der Waals surface area contributed by atoms with E-state index in [2.05, 4.69) is 27.4 Å². The van der Waals surface area contributed by atoms with E-state index in [1.807, 2.05) is 24.3 Å². The van der Waals surface area contributed by atoms with Gasteiger partial charge in [0.2, 0.25) is 0 Å². The van der Waals surface area contributed by atoms with Crippen molar-refractivity contribution in [3.05, 3.63) is 50.6 Å². The van der Waals surface area contributed by atoms with Gasteiger partial charge in [-0.2, -0.15) is 0 Å². The molecule has 1 aromatic heterocycles. The summed E-state index contributed by atoms with van der Waals surface area (Å²) in [5.41, 5.74) is 7.31. The number of nitrogens with two attached hydrogens (primary N) is 1. The molecule has 1 atom stereocenters. The van der Waals surface area contributed by atoms with Crippen LogP contribution < -0.4 is 5.73 Å². The number of hydrogen-bond donors (Lipinski definition) is 2. The van der Waals surface area contributed by atoms with Gasteiger partial charge in [-0.05, 0) is 42.5 Å². The molecule has 2 nitrogen and oxygen atoms in total. The van der Waals surface area contributed by atoms with Gasteiger partial charge in [-0.3, -0.25) is 0 Å². The molecule has 0 amide bonds. The number of nitrogen functional groups attached to an aromatic ring is 1. The fraction of sp³-hybridized carbons (Fsp3) is 0.231. The summed E-state index contributed by atoms with van der Waals surface area (Å²) in [6.07, 6.45) is 1.07. The molecule has 2 aromatic rings. The van der Waals surface area contributed by atoms with Crippen LogP contribution in [-0.4, -0.2) is 5.11 Å². The standard InChI is InChI=1S/C13H14BrNOS/c14-9-3-5-12(15)11(8-9)13(16)6-4-10-2-1-7-17-10/h1-3,5,7-8,13,16H,4,6,15H2. The number of thiophene rings is 1. The molecule has 0 aliphatic heterocycles. The van der Waals surface area contributed by atoms with Crippen molar-refractivity contribution in [3.8, 4) is 0 Å². The second-order valence-corrected chi connectivity index (χ2v) is 5.85. The predicted octanol–water partition coefficient (Wildman–Crippen LogP) is 3.76. The number of aryl methyl sites for hydroxylation is 1. The first-order valence-corrected chi connectivity index (χ1v) is 7.09. The van der Waals surface area contributed by atoms with Gasteiger partial charge in [0, 0.05) is 20.6 Å². The molecule has 2 rings (SSSR count). The molecule has 0 fully saturated rings. The van der Waals surface area contributed by atoms with Crippen molar-refractivity contribution in [1.82, 2.24) is 0 Å². The Labute approximate surface area is 113 Å². The van der Waals surface area contributed by atoms with Crippen molar-refractivity contribution in [2.24, 2.45) is 0 Å². The summed E-state index contributed by atoms with van der Waals surface area (Å²) < 4.78 is 0.942. The summed E-state index contributed by atoms with van der Waals surface area (Å²) in [5, 5.41) is 12.2. The Balaban J connectivity index is 2.04. The van der Waals surface area contributed by atoms with Crippen molar-refractivity contribution < 1.29 is 5.11 Å². The minimum atomic E-state index is -0.505. The molecule has 90 valence electrons. The first-order valence-electron chi connectivity index (χ1n) is 5.42. The Morgan fingerprint density at radius 1 is 1.35 bits per heavy atom. The van der Waals surface area contributed by atoms with Gasteiger partial charge in [0.25, 0.3) is 0 Å². The minimum Gasteiger partial charge on any atom is -0.398 e. The summed E-state index contributed by atoms with van der Waals surface area (Å²) in [7, 11) is 0. The molecule has 0 saturated heterocycles. The van der Waals surface area contributed by atoms with Gasteiger partial charge in [0.1, 0.15) is 0 Å². The molecule has 3 N–H and O–H groups in total. The van der Waals surface area contributed by atoms with E-state index in [1.165, 1.54) is 4.88 Å². The second kappa shape index (κ2) is 5.67. The van der Waals surface area contributed by atoms with Gasteiger partial charge in [0.15, 0.2) is 0 Å². The van der Waals surface area contributed by atoms with Gasteiger partial charge in [-0.15, -0.1) is 11.3 Å². The Morgan fingerprint density at radius 2 is 2.18 bits per heavy atom. The maximum atomic E-state index is 10.1. The summed E-state index contributed by atoms with van der Waals surface area (Å²) in [6, 6.07) is 9.69. The highest BCUT2D eigenvalue weighted by Crippen LogP contribution is 2.28. The monoisotopic (exact) mass is 311 g/mol. The van der Waals surface area contributed by atoms with Crippen LogP contribution in [0.4, 0.5) is 5.69 Å². The lowest BCUT2D eigenvalue weighted by atomic mass is 10.0.